The van der Waals surface area contributed by atoms with Gasteiger partial charge in [-0.05, 0) is 22.4 Å². The molecule has 104 valence electrons. The summed E-state index contributed by atoms with van der Waals surface area (Å²) in [5.41, 5.74) is 1.06. The smallest absolute Gasteiger partial charge is 0.317 e. The van der Waals surface area contributed by atoms with Crippen LogP contribution in [0.3, 0.4) is 0 Å². The van der Waals surface area contributed by atoms with Crippen molar-refractivity contribution >= 4 is 23.3 Å². The van der Waals surface area contributed by atoms with Crippen molar-refractivity contribution in [3.63, 3.8) is 0 Å². The fraction of sp³-hybridized carbons (Fsp3) is 0.500. The van der Waals surface area contributed by atoms with Crippen LogP contribution in [0.25, 0.3) is 0 Å². The number of nitrogens with zero attached hydrogens (tertiary/aromatic N) is 1. The van der Waals surface area contributed by atoms with E-state index in [1.54, 1.807) is 18.4 Å². The third-order valence-electron chi connectivity index (χ3n) is 3.05. The summed E-state index contributed by atoms with van der Waals surface area (Å²) < 4.78 is 5.11. The number of urea groups is 1. The van der Waals surface area contributed by atoms with E-state index in [1.165, 1.54) is 4.90 Å². The van der Waals surface area contributed by atoms with E-state index in [0.717, 1.165) is 5.56 Å². The van der Waals surface area contributed by atoms with Crippen molar-refractivity contribution < 1.29 is 19.4 Å². The number of aliphatic carboxylic acids is 1. The van der Waals surface area contributed by atoms with E-state index in [9.17, 15) is 9.59 Å². The number of ether oxygens (including phenoxy) is 1. The highest BCUT2D eigenvalue weighted by atomic mass is 32.1. The first-order valence-corrected chi connectivity index (χ1v) is 6.85. The average molecular weight is 284 g/mol. The lowest BCUT2D eigenvalue weighted by atomic mass is 10.0. The first-order valence-electron chi connectivity index (χ1n) is 5.91. The quantitative estimate of drug-likeness (QED) is 0.864. The summed E-state index contributed by atoms with van der Waals surface area (Å²) in [6.45, 7) is 0.893. The lowest BCUT2D eigenvalue weighted by Crippen LogP contribution is -2.47. The monoisotopic (exact) mass is 284 g/mol. The number of thiophene rings is 1. The molecule has 2 heterocycles. The largest absolute Gasteiger partial charge is 0.481 e. The highest BCUT2D eigenvalue weighted by molar-refractivity contribution is 7.07. The lowest BCUT2D eigenvalue weighted by molar-refractivity contribution is -0.142. The van der Waals surface area contributed by atoms with Crippen LogP contribution < -0.4 is 5.32 Å². The number of nitrogens with one attached hydrogen (secondary N) is 1. The Morgan fingerprint density at radius 2 is 2.37 bits per heavy atom. The van der Waals surface area contributed by atoms with Gasteiger partial charge < -0.3 is 20.1 Å². The number of amides is 2. The Morgan fingerprint density at radius 1 is 1.58 bits per heavy atom. The number of carbonyl (C=O) groups is 2. The molecule has 1 aliphatic rings. The molecule has 0 radical (unpaired) electrons. The van der Waals surface area contributed by atoms with Gasteiger partial charge in [0.05, 0.1) is 19.3 Å². The first-order chi connectivity index (χ1) is 9.08. The fourth-order valence-electron chi connectivity index (χ4n) is 1.94. The first kappa shape index (κ1) is 13.8. The van der Waals surface area contributed by atoms with Crippen LogP contribution in [0.5, 0.6) is 0 Å². The van der Waals surface area contributed by atoms with Crippen LogP contribution in [-0.2, 0) is 16.1 Å². The molecule has 0 aliphatic carbocycles. The van der Waals surface area contributed by atoms with Crippen LogP contribution in [0, 0.1) is 5.92 Å². The second-order valence-electron chi connectivity index (χ2n) is 4.53. The molecule has 2 atom stereocenters. The number of carboxylic acid groups (broad SMARTS) is 1. The molecule has 0 aromatic carbocycles. The summed E-state index contributed by atoms with van der Waals surface area (Å²) in [5.74, 6) is -1.61. The third-order valence-corrected chi connectivity index (χ3v) is 3.79. The number of hydrogen-bond acceptors (Lipinski definition) is 4. The van der Waals surface area contributed by atoms with E-state index in [4.69, 9.17) is 9.84 Å². The normalized spacial score (nSPS) is 22.2. The summed E-state index contributed by atoms with van der Waals surface area (Å²) in [4.78, 5) is 24.5. The van der Waals surface area contributed by atoms with E-state index in [2.05, 4.69) is 5.32 Å². The van der Waals surface area contributed by atoms with Crippen molar-refractivity contribution in [1.29, 1.82) is 0 Å². The van der Waals surface area contributed by atoms with Crippen molar-refractivity contribution in [3.8, 4) is 0 Å². The van der Waals surface area contributed by atoms with Gasteiger partial charge in [0, 0.05) is 13.6 Å². The van der Waals surface area contributed by atoms with Crippen molar-refractivity contribution in [2.75, 3.05) is 20.3 Å². The number of hydrogen-bond donors (Lipinski definition) is 2. The molecule has 2 unspecified atom stereocenters. The van der Waals surface area contributed by atoms with Crippen LogP contribution >= 0.6 is 11.3 Å². The fourth-order valence-corrected chi connectivity index (χ4v) is 2.60. The van der Waals surface area contributed by atoms with Crippen LogP contribution in [0.4, 0.5) is 4.79 Å². The highest BCUT2D eigenvalue weighted by Gasteiger charge is 2.35. The summed E-state index contributed by atoms with van der Waals surface area (Å²) in [7, 11) is 1.68. The Hall–Kier alpha value is -1.60. The Morgan fingerprint density at radius 3 is 3.00 bits per heavy atom. The minimum absolute atomic E-state index is 0.147. The zero-order valence-corrected chi connectivity index (χ0v) is 11.4. The number of carboxylic acids is 1. The summed E-state index contributed by atoms with van der Waals surface area (Å²) in [6, 6.07) is 1.20. The molecule has 2 rings (SSSR count). The average Bonchev–Trinajstić information content (AvgIpc) is 2.99. The van der Waals surface area contributed by atoms with E-state index >= 15 is 0 Å². The maximum absolute atomic E-state index is 12.0. The zero-order valence-electron chi connectivity index (χ0n) is 10.5. The maximum Gasteiger partial charge on any atom is 0.317 e. The minimum atomic E-state index is -0.941. The predicted molar refractivity (Wildman–Crippen MR) is 70.1 cm³/mol. The van der Waals surface area contributed by atoms with Gasteiger partial charge in [0.1, 0.15) is 5.92 Å². The van der Waals surface area contributed by atoms with Crippen molar-refractivity contribution in [3.05, 3.63) is 22.4 Å². The molecule has 1 aromatic rings. The van der Waals surface area contributed by atoms with Crippen LogP contribution in [-0.4, -0.2) is 48.3 Å². The standard InChI is InChI=1S/C12H16N2O4S/c1-14(4-8-2-3-19-7-8)12(17)13-10-6-18-5-9(10)11(15)16/h2-3,7,9-10H,4-6H2,1H3,(H,13,17)(H,15,16). The SMILES string of the molecule is CN(Cc1ccsc1)C(=O)NC1COCC1C(=O)O. The maximum atomic E-state index is 12.0. The topological polar surface area (TPSA) is 78.9 Å². The minimum Gasteiger partial charge on any atom is -0.481 e. The molecule has 1 saturated heterocycles. The molecule has 2 N–H and O–H groups in total. The van der Waals surface area contributed by atoms with Gasteiger partial charge in [-0.1, -0.05) is 0 Å². The molecule has 0 saturated carbocycles. The molecular weight excluding hydrogens is 268 g/mol. The molecule has 1 aliphatic heterocycles. The molecule has 1 aromatic heterocycles. The van der Waals surface area contributed by atoms with Gasteiger partial charge in [-0.15, -0.1) is 0 Å². The highest BCUT2D eigenvalue weighted by Crippen LogP contribution is 2.14. The molecular formula is C12H16N2O4S. The van der Waals surface area contributed by atoms with Crippen LogP contribution in [0.1, 0.15) is 5.56 Å². The molecule has 0 spiro atoms. The predicted octanol–water partition coefficient (Wildman–Crippen LogP) is 0.989. The van der Waals surface area contributed by atoms with Gasteiger partial charge in [-0.2, -0.15) is 11.3 Å². The van der Waals surface area contributed by atoms with Gasteiger partial charge in [0.2, 0.25) is 0 Å². The molecule has 19 heavy (non-hydrogen) atoms. The Kier molecular flexibility index (Phi) is 4.39. The van der Waals surface area contributed by atoms with Crippen molar-refractivity contribution in [2.45, 2.75) is 12.6 Å². The van der Waals surface area contributed by atoms with E-state index in [0.29, 0.717) is 6.54 Å². The molecule has 6 nitrogen and oxygen atoms in total. The number of carbonyl (C=O) groups excluding carboxylic acids is 1. The van der Waals surface area contributed by atoms with Gasteiger partial charge in [-0.25, -0.2) is 4.79 Å². The Bertz CT molecular complexity index is 449. The van der Waals surface area contributed by atoms with Gasteiger partial charge >= 0.3 is 12.0 Å². The van der Waals surface area contributed by atoms with Crippen molar-refractivity contribution in [1.82, 2.24) is 10.2 Å². The van der Waals surface area contributed by atoms with E-state index in [1.807, 2.05) is 16.8 Å². The third kappa shape index (κ3) is 3.45. The molecule has 0 bridgehead atoms. The van der Waals surface area contributed by atoms with Gasteiger partial charge in [0.25, 0.3) is 0 Å². The zero-order chi connectivity index (χ0) is 13.8. The number of rotatable bonds is 4. The van der Waals surface area contributed by atoms with Crippen LogP contribution in [0.2, 0.25) is 0 Å². The second kappa shape index (κ2) is 6.03. The molecule has 2 amide bonds. The summed E-state index contributed by atoms with van der Waals surface area (Å²) in [5, 5.41) is 15.6. The van der Waals surface area contributed by atoms with E-state index in [-0.39, 0.29) is 19.2 Å². The Balaban J connectivity index is 1.88. The van der Waals surface area contributed by atoms with E-state index < -0.39 is 17.9 Å². The Labute approximate surface area is 115 Å². The molecule has 7 heteroatoms. The van der Waals surface area contributed by atoms with Gasteiger partial charge in [-0.3, -0.25) is 4.79 Å². The molecule has 1 fully saturated rings. The van der Waals surface area contributed by atoms with Gasteiger partial charge in [0.15, 0.2) is 0 Å². The summed E-state index contributed by atoms with van der Waals surface area (Å²) >= 11 is 1.57. The second-order valence-corrected chi connectivity index (χ2v) is 5.31. The summed E-state index contributed by atoms with van der Waals surface area (Å²) in [6.07, 6.45) is 0. The van der Waals surface area contributed by atoms with Crippen molar-refractivity contribution in [2.24, 2.45) is 5.92 Å². The lowest BCUT2D eigenvalue weighted by Gasteiger charge is -2.22. The van der Waals surface area contributed by atoms with Crippen LogP contribution in [0.15, 0.2) is 16.8 Å².